The van der Waals surface area contributed by atoms with E-state index in [1.807, 2.05) is 103 Å². The van der Waals surface area contributed by atoms with Crippen molar-refractivity contribution in [2.75, 3.05) is 7.11 Å². The minimum absolute atomic E-state index is 0.0843. The number of rotatable bonds is 10. The number of amides is 1. The van der Waals surface area contributed by atoms with Gasteiger partial charge in [0.05, 0.1) is 31.4 Å². The zero-order valence-electron chi connectivity index (χ0n) is 20.9. The van der Waals surface area contributed by atoms with Crippen LogP contribution in [0.2, 0.25) is 0 Å². The summed E-state index contributed by atoms with van der Waals surface area (Å²) in [6.07, 6.45) is 3.79. The lowest BCUT2D eigenvalue weighted by atomic mass is 9.85. The molecule has 1 fully saturated rings. The van der Waals surface area contributed by atoms with Crippen LogP contribution < -0.4 is 5.32 Å². The van der Waals surface area contributed by atoms with Gasteiger partial charge in [-0.3, -0.25) is 14.5 Å². The Hall–Kier alpha value is -3.74. The molecule has 2 aliphatic rings. The monoisotopic (exact) mass is 496 g/mol. The Kier molecular flexibility index (Phi) is 7.78. The molecule has 5 rings (SSSR count). The van der Waals surface area contributed by atoms with Crippen molar-refractivity contribution in [3.05, 3.63) is 120 Å². The second-order valence-electron chi connectivity index (χ2n) is 9.56. The molecule has 2 bridgehead atoms. The van der Waals surface area contributed by atoms with E-state index in [0.717, 1.165) is 16.7 Å². The maximum absolute atomic E-state index is 13.9. The first kappa shape index (κ1) is 24.9. The minimum atomic E-state index is -0.528. The van der Waals surface area contributed by atoms with Crippen molar-refractivity contribution in [1.82, 2.24) is 10.2 Å². The van der Waals surface area contributed by atoms with E-state index in [1.165, 1.54) is 7.11 Å². The van der Waals surface area contributed by atoms with E-state index in [0.29, 0.717) is 19.5 Å². The molecule has 6 nitrogen and oxygen atoms in total. The van der Waals surface area contributed by atoms with Gasteiger partial charge in [-0.05, 0) is 23.1 Å². The highest BCUT2D eigenvalue weighted by Crippen LogP contribution is 2.40. The van der Waals surface area contributed by atoms with Crippen LogP contribution in [0.15, 0.2) is 103 Å². The fraction of sp³-hybridized carbons (Fsp3) is 0.290. The number of carbonyl (C=O) groups is 2. The average Bonchev–Trinajstić information content (AvgIpc) is 3.57. The number of hydrogen-bond acceptors (Lipinski definition) is 5. The Morgan fingerprint density at radius 1 is 0.838 bits per heavy atom. The minimum Gasteiger partial charge on any atom is -0.469 e. The van der Waals surface area contributed by atoms with Crippen LogP contribution >= 0.6 is 0 Å². The number of hydrogen-bond donors (Lipinski definition) is 1. The number of nitrogens with one attached hydrogen (secondary N) is 1. The normalized spacial score (nSPS) is 22.6. The fourth-order valence-corrected chi connectivity index (χ4v) is 5.41. The Bertz CT molecular complexity index is 1220. The molecule has 1 N–H and O–H groups in total. The number of ether oxygens (including phenoxy) is 2. The molecular weight excluding hydrogens is 464 g/mol. The summed E-state index contributed by atoms with van der Waals surface area (Å²) < 4.78 is 11.4. The van der Waals surface area contributed by atoms with Crippen molar-refractivity contribution in [2.24, 2.45) is 5.92 Å². The first-order valence-electron chi connectivity index (χ1n) is 12.7. The van der Waals surface area contributed by atoms with Gasteiger partial charge >= 0.3 is 5.97 Å². The van der Waals surface area contributed by atoms with Crippen LogP contribution in [0, 0.1) is 5.92 Å². The van der Waals surface area contributed by atoms with E-state index in [1.54, 1.807) is 0 Å². The fourth-order valence-electron chi connectivity index (χ4n) is 5.41. The van der Waals surface area contributed by atoms with Crippen LogP contribution in [0.25, 0.3) is 0 Å². The largest absolute Gasteiger partial charge is 0.469 e. The summed E-state index contributed by atoms with van der Waals surface area (Å²) in [4.78, 5) is 29.1. The Morgan fingerprint density at radius 2 is 1.41 bits per heavy atom. The molecule has 3 aromatic rings. The quantitative estimate of drug-likeness (QED) is 0.341. The maximum Gasteiger partial charge on any atom is 0.313 e. The highest BCUT2D eigenvalue weighted by molar-refractivity contribution is 5.82. The van der Waals surface area contributed by atoms with E-state index in [-0.39, 0.29) is 30.1 Å². The van der Waals surface area contributed by atoms with Crippen molar-refractivity contribution in [3.8, 4) is 0 Å². The highest BCUT2D eigenvalue weighted by atomic mass is 16.5. The van der Waals surface area contributed by atoms with Crippen LogP contribution in [0.5, 0.6) is 0 Å². The van der Waals surface area contributed by atoms with Gasteiger partial charge in [0.2, 0.25) is 5.91 Å². The number of methoxy groups -OCH3 is 1. The van der Waals surface area contributed by atoms with E-state index < -0.39 is 12.0 Å². The molecule has 2 heterocycles. The number of esters is 1. The first-order valence-corrected chi connectivity index (χ1v) is 12.7. The van der Waals surface area contributed by atoms with Crippen LogP contribution in [0.3, 0.4) is 0 Å². The van der Waals surface area contributed by atoms with Gasteiger partial charge in [0.25, 0.3) is 0 Å². The van der Waals surface area contributed by atoms with Crippen molar-refractivity contribution >= 4 is 11.9 Å². The molecule has 1 amide bonds. The summed E-state index contributed by atoms with van der Waals surface area (Å²) in [5.41, 5.74) is 3.14. The standard InChI is InChI=1S/C31H32N2O4/c1-36-31(35)28-26-17-18-27(37-26)29(28)33(21-24-15-9-4-10-16-24)25(19-22-11-5-2-6-12-22)30(34)32-20-23-13-7-3-8-14-23/h2-18,25-29H,19-21H2,1H3,(H,32,34)/t25-,26+,27-,28-,29-/m0/s1. The lowest BCUT2D eigenvalue weighted by Gasteiger charge is -2.40. The SMILES string of the molecule is COC(=O)[C@@H]1[C@@H](N(Cc2ccccc2)[C@@H](Cc2ccccc2)C(=O)NCc2ccccc2)[C@@H]2C=C[C@H]1O2. The molecule has 0 aliphatic carbocycles. The van der Waals surface area contributed by atoms with Crippen LogP contribution in [0.1, 0.15) is 16.7 Å². The molecule has 5 atom stereocenters. The molecule has 3 aromatic carbocycles. The van der Waals surface area contributed by atoms with Crippen molar-refractivity contribution in [2.45, 2.75) is 43.8 Å². The Labute approximate surface area is 217 Å². The molecule has 0 radical (unpaired) electrons. The zero-order valence-corrected chi connectivity index (χ0v) is 20.9. The molecule has 0 saturated carbocycles. The molecule has 0 spiro atoms. The number of benzene rings is 3. The van der Waals surface area contributed by atoms with Crippen molar-refractivity contribution in [1.29, 1.82) is 0 Å². The third-order valence-electron chi connectivity index (χ3n) is 7.21. The third kappa shape index (κ3) is 5.66. The Balaban J connectivity index is 1.51. The van der Waals surface area contributed by atoms with Gasteiger partial charge in [0, 0.05) is 13.1 Å². The average molecular weight is 497 g/mol. The molecule has 0 unspecified atom stereocenters. The molecule has 6 heteroatoms. The van der Waals surface area contributed by atoms with Gasteiger partial charge < -0.3 is 14.8 Å². The van der Waals surface area contributed by atoms with Gasteiger partial charge in [-0.15, -0.1) is 0 Å². The second-order valence-corrected chi connectivity index (χ2v) is 9.56. The van der Waals surface area contributed by atoms with E-state index >= 15 is 0 Å². The number of fused-ring (bicyclic) bond motifs is 2. The van der Waals surface area contributed by atoms with Crippen molar-refractivity contribution < 1.29 is 19.1 Å². The summed E-state index contributed by atoms with van der Waals surface area (Å²) in [7, 11) is 1.41. The predicted molar refractivity (Wildman–Crippen MR) is 141 cm³/mol. The number of nitrogens with zero attached hydrogens (tertiary/aromatic N) is 1. The summed E-state index contributed by atoms with van der Waals surface area (Å²) in [6, 6.07) is 29.1. The van der Waals surface area contributed by atoms with E-state index in [4.69, 9.17) is 9.47 Å². The number of carbonyl (C=O) groups excluding carboxylic acids is 2. The maximum atomic E-state index is 13.9. The second kappa shape index (κ2) is 11.5. The summed E-state index contributed by atoms with van der Waals surface area (Å²) in [6.45, 7) is 0.924. The lowest BCUT2D eigenvalue weighted by Crippen LogP contribution is -2.57. The summed E-state index contributed by atoms with van der Waals surface area (Å²) in [5, 5.41) is 3.16. The molecule has 0 aromatic heterocycles. The van der Waals surface area contributed by atoms with Gasteiger partial charge in [-0.1, -0.05) is 103 Å². The highest BCUT2D eigenvalue weighted by Gasteiger charge is 2.54. The van der Waals surface area contributed by atoms with Gasteiger partial charge in [-0.2, -0.15) is 0 Å². The third-order valence-corrected chi connectivity index (χ3v) is 7.21. The molecule has 190 valence electrons. The van der Waals surface area contributed by atoms with Gasteiger partial charge in [-0.25, -0.2) is 0 Å². The lowest BCUT2D eigenvalue weighted by molar-refractivity contribution is -0.149. The topological polar surface area (TPSA) is 67.9 Å². The van der Waals surface area contributed by atoms with Gasteiger partial charge in [0.15, 0.2) is 0 Å². The Morgan fingerprint density at radius 3 is 2.03 bits per heavy atom. The molecule has 2 aliphatic heterocycles. The summed E-state index contributed by atoms with van der Waals surface area (Å²) >= 11 is 0. The van der Waals surface area contributed by atoms with E-state index in [9.17, 15) is 9.59 Å². The predicted octanol–water partition coefficient (Wildman–Crippen LogP) is 3.91. The first-order chi connectivity index (χ1) is 18.1. The van der Waals surface area contributed by atoms with Crippen LogP contribution in [0.4, 0.5) is 0 Å². The molecule has 37 heavy (non-hydrogen) atoms. The van der Waals surface area contributed by atoms with Crippen molar-refractivity contribution in [3.63, 3.8) is 0 Å². The molecular formula is C31H32N2O4. The summed E-state index contributed by atoms with van der Waals surface area (Å²) in [5.74, 6) is -0.911. The van der Waals surface area contributed by atoms with Gasteiger partial charge in [0.1, 0.15) is 5.92 Å². The van der Waals surface area contributed by atoms with Crippen LogP contribution in [-0.4, -0.2) is 48.2 Å². The smallest absolute Gasteiger partial charge is 0.313 e. The molecule has 1 saturated heterocycles. The zero-order chi connectivity index (χ0) is 25.6. The van der Waals surface area contributed by atoms with Crippen LogP contribution in [-0.2, 0) is 38.6 Å². The van der Waals surface area contributed by atoms with E-state index in [2.05, 4.69) is 10.2 Å².